The first-order chi connectivity index (χ1) is 16.4. The lowest BCUT2D eigenvalue weighted by Crippen LogP contribution is -2.45. The molecule has 1 aromatic rings. The molecule has 3 rings (SSSR count). The van der Waals surface area contributed by atoms with Crippen molar-refractivity contribution in [3.8, 4) is 0 Å². The Bertz CT molecular complexity index is 855. The average molecular weight is 503 g/mol. The van der Waals surface area contributed by atoms with Gasteiger partial charge in [0.15, 0.2) is 8.32 Å². The molecule has 1 amide bonds. The Balaban J connectivity index is 1.52. The Morgan fingerprint density at radius 3 is 2.60 bits per heavy atom. The number of amides is 1. The first-order valence-electron chi connectivity index (χ1n) is 13.3. The van der Waals surface area contributed by atoms with Crippen LogP contribution in [-0.4, -0.2) is 55.6 Å². The summed E-state index contributed by atoms with van der Waals surface area (Å²) in [6.45, 7) is 12.9. The normalized spacial score (nSPS) is 24.7. The highest BCUT2D eigenvalue weighted by molar-refractivity contribution is 6.69. The van der Waals surface area contributed by atoms with E-state index in [4.69, 9.17) is 4.74 Å². The number of rotatable bonds is 8. The fourth-order valence-electron chi connectivity index (χ4n) is 6.01. The lowest BCUT2D eigenvalue weighted by atomic mass is 9.70. The lowest BCUT2D eigenvalue weighted by Gasteiger charge is -2.43. The zero-order valence-electron chi connectivity index (χ0n) is 22.4. The topological polar surface area (TPSA) is 78.9 Å². The number of likely N-dealkylation sites (tertiary alicyclic amines) is 1. The monoisotopic (exact) mass is 502 g/mol. The molecule has 0 aromatic heterocycles. The summed E-state index contributed by atoms with van der Waals surface area (Å²) in [4.78, 5) is 37.1. The molecule has 1 aliphatic heterocycles. The van der Waals surface area contributed by atoms with Gasteiger partial charge >= 0.3 is 6.09 Å². The molecular formula is C28H46N2O4Si. The molecule has 196 valence electrons. The summed E-state index contributed by atoms with van der Waals surface area (Å²) in [5, 5.41) is 2.85. The van der Waals surface area contributed by atoms with Gasteiger partial charge in [-0.1, -0.05) is 37.1 Å². The van der Waals surface area contributed by atoms with E-state index in [-0.39, 0.29) is 5.41 Å². The molecule has 1 saturated heterocycles. The third kappa shape index (κ3) is 9.03. The summed E-state index contributed by atoms with van der Waals surface area (Å²) in [7, 11) is -2.11. The van der Waals surface area contributed by atoms with Crippen LogP contribution in [0, 0.1) is 11.3 Å². The highest BCUT2D eigenvalue weighted by Crippen LogP contribution is 2.42. The molecule has 6 nitrogen and oxygen atoms in total. The molecule has 2 N–H and O–H groups in total. The van der Waals surface area contributed by atoms with Crippen LogP contribution < -0.4 is 5.32 Å². The molecule has 1 heterocycles. The van der Waals surface area contributed by atoms with Crippen molar-refractivity contribution in [3.05, 3.63) is 35.4 Å². The van der Waals surface area contributed by atoms with Crippen LogP contribution in [-0.2, 0) is 16.1 Å². The summed E-state index contributed by atoms with van der Waals surface area (Å²) in [6.07, 6.45) is 7.15. The van der Waals surface area contributed by atoms with Crippen molar-refractivity contribution in [3.63, 3.8) is 0 Å². The van der Waals surface area contributed by atoms with E-state index < -0.39 is 20.0 Å². The molecule has 2 aliphatic rings. The van der Waals surface area contributed by atoms with Crippen molar-refractivity contribution in [1.82, 2.24) is 10.2 Å². The minimum Gasteiger partial charge on any atom is -0.444 e. The van der Waals surface area contributed by atoms with Crippen molar-refractivity contribution < 1.29 is 19.1 Å². The molecule has 0 radical (unpaired) electrons. The Hall–Kier alpha value is -1.70. The predicted molar refractivity (Wildman–Crippen MR) is 143 cm³/mol. The summed E-state index contributed by atoms with van der Waals surface area (Å²) in [5.74, 6) is 0.982. The lowest BCUT2D eigenvalue weighted by molar-refractivity contribution is -0.120. The second-order valence-electron chi connectivity index (χ2n) is 12.6. The number of piperidine rings is 1. The number of nitrogens with zero attached hydrogens (tertiary/aromatic N) is 1. The third-order valence-electron chi connectivity index (χ3n) is 7.40. The Morgan fingerprint density at radius 1 is 1.26 bits per heavy atom. The molecule has 35 heavy (non-hydrogen) atoms. The summed E-state index contributed by atoms with van der Waals surface area (Å²) >= 11 is 0. The number of aldehydes is 1. The quantitative estimate of drug-likeness (QED) is 0.364. The van der Waals surface area contributed by atoms with Gasteiger partial charge in [-0.15, -0.1) is 0 Å². The van der Waals surface area contributed by atoms with Gasteiger partial charge in [0.1, 0.15) is 11.9 Å². The standard InChI is InChI=1S/C28H46N2O4Si/c1-27(2,3)34-26(32)29-18-22-8-6-10-25(16-22)24-11-14-30(15-12-24)20-28(21-31)13-7-9-23(17-28)19-35(4,5)33/h6,8,10,16,21,23-24,33H,7,9,11-15,17-20H2,1-5H3,(H,29,32). The molecule has 1 aromatic carbocycles. The molecule has 2 unspecified atom stereocenters. The number of benzene rings is 1. The van der Waals surface area contributed by atoms with E-state index >= 15 is 0 Å². The van der Waals surface area contributed by atoms with Gasteiger partial charge < -0.3 is 24.5 Å². The fraction of sp³-hybridized carbons (Fsp3) is 0.714. The highest BCUT2D eigenvalue weighted by Gasteiger charge is 2.40. The smallest absolute Gasteiger partial charge is 0.407 e. The maximum Gasteiger partial charge on any atom is 0.407 e. The van der Waals surface area contributed by atoms with Gasteiger partial charge in [-0.3, -0.25) is 0 Å². The predicted octanol–water partition coefficient (Wildman–Crippen LogP) is 5.46. The van der Waals surface area contributed by atoms with Gasteiger partial charge in [0, 0.05) is 18.5 Å². The molecule has 0 bridgehead atoms. The van der Waals surface area contributed by atoms with Gasteiger partial charge in [-0.05, 0) is 102 Å². The number of alkyl carbamates (subject to hydrolysis) is 1. The van der Waals surface area contributed by atoms with Gasteiger partial charge in [0.2, 0.25) is 0 Å². The van der Waals surface area contributed by atoms with Crippen molar-refractivity contribution in [2.75, 3.05) is 19.6 Å². The largest absolute Gasteiger partial charge is 0.444 e. The van der Waals surface area contributed by atoms with E-state index in [0.717, 1.165) is 69.8 Å². The minimum atomic E-state index is -2.11. The van der Waals surface area contributed by atoms with Crippen LogP contribution in [0.4, 0.5) is 4.79 Å². The van der Waals surface area contributed by atoms with Crippen molar-refractivity contribution >= 4 is 20.7 Å². The molecule has 7 heteroatoms. The third-order valence-corrected chi connectivity index (χ3v) is 8.98. The maximum absolute atomic E-state index is 12.3. The van der Waals surface area contributed by atoms with E-state index in [1.807, 2.05) is 39.9 Å². The second-order valence-corrected chi connectivity index (χ2v) is 16.6. The Labute approximate surface area is 212 Å². The van der Waals surface area contributed by atoms with Crippen LogP contribution in [0.25, 0.3) is 0 Å². The molecule has 2 atom stereocenters. The van der Waals surface area contributed by atoms with Crippen LogP contribution in [0.1, 0.15) is 76.3 Å². The SMILES string of the molecule is CC(C)(C)OC(=O)NCc1cccc(C2CCN(CC3(C=O)CCCC(C[Si](C)(C)O)C3)CC2)c1. The average Bonchev–Trinajstić information content (AvgIpc) is 2.76. The van der Waals surface area contributed by atoms with Gasteiger partial charge in [0.05, 0.1) is 0 Å². The van der Waals surface area contributed by atoms with Crippen molar-refractivity contribution in [1.29, 1.82) is 0 Å². The minimum absolute atomic E-state index is 0.247. The molecule has 1 saturated carbocycles. The van der Waals surface area contributed by atoms with E-state index in [2.05, 4.69) is 28.4 Å². The highest BCUT2D eigenvalue weighted by atomic mass is 28.4. The van der Waals surface area contributed by atoms with Crippen LogP contribution in [0.3, 0.4) is 0 Å². The number of ether oxygens (including phenoxy) is 1. The number of nitrogens with one attached hydrogen (secondary N) is 1. The molecule has 0 spiro atoms. The van der Waals surface area contributed by atoms with E-state index in [1.54, 1.807) is 0 Å². The molecule has 2 fully saturated rings. The number of carbonyl (C=O) groups is 2. The number of carbonyl (C=O) groups excluding carboxylic acids is 2. The molecule has 1 aliphatic carbocycles. The Morgan fingerprint density at radius 2 is 1.97 bits per heavy atom. The zero-order valence-corrected chi connectivity index (χ0v) is 23.4. The summed E-state index contributed by atoms with van der Waals surface area (Å²) < 4.78 is 5.34. The number of hydrogen-bond acceptors (Lipinski definition) is 5. The maximum atomic E-state index is 12.3. The summed E-state index contributed by atoms with van der Waals surface area (Å²) in [5.41, 5.74) is 1.66. The fourth-order valence-corrected chi connectivity index (χ4v) is 7.77. The van der Waals surface area contributed by atoms with Gasteiger partial charge in [-0.25, -0.2) is 4.79 Å². The van der Waals surface area contributed by atoms with E-state index in [0.29, 0.717) is 18.4 Å². The van der Waals surface area contributed by atoms with Crippen LogP contribution in [0.2, 0.25) is 19.1 Å². The van der Waals surface area contributed by atoms with Crippen LogP contribution in [0.15, 0.2) is 24.3 Å². The van der Waals surface area contributed by atoms with E-state index in [9.17, 15) is 14.4 Å². The van der Waals surface area contributed by atoms with Crippen molar-refractivity contribution in [2.24, 2.45) is 11.3 Å². The van der Waals surface area contributed by atoms with Crippen LogP contribution in [0.5, 0.6) is 0 Å². The Kier molecular flexibility index (Phi) is 9.21. The van der Waals surface area contributed by atoms with Crippen molar-refractivity contribution in [2.45, 2.75) is 96.5 Å². The van der Waals surface area contributed by atoms with Gasteiger partial charge in [0.25, 0.3) is 0 Å². The first kappa shape index (κ1) is 27.9. The van der Waals surface area contributed by atoms with Gasteiger partial charge in [-0.2, -0.15) is 0 Å². The first-order valence-corrected chi connectivity index (χ1v) is 16.5. The zero-order chi connectivity index (χ0) is 25.7. The number of hydrogen-bond donors (Lipinski definition) is 2. The second kappa shape index (κ2) is 11.6. The van der Waals surface area contributed by atoms with Crippen LogP contribution >= 0.6 is 0 Å². The van der Waals surface area contributed by atoms with E-state index in [1.165, 1.54) is 11.8 Å². The molecular weight excluding hydrogens is 456 g/mol. The summed E-state index contributed by atoms with van der Waals surface area (Å²) in [6, 6.07) is 9.42.